The molecule has 0 aliphatic carbocycles. The second kappa shape index (κ2) is 6.62. The van der Waals surface area contributed by atoms with Gasteiger partial charge in [0.1, 0.15) is 11.4 Å². The van der Waals surface area contributed by atoms with Crippen LogP contribution >= 0.6 is 16.1 Å². The van der Waals surface area contributed by atoms with E-state index in [-0.39, 0.29) is 23.7 Å². The molecule has 0 spiro atoms. The second-order valence-electron chi connectivity index (χ2n) is 4.27. The highest BCUT2D eigenvalue weighted by molar-refractivity contribution is 9.07. The molecule has 1 saturated heterocycles. The first-order chi connectivity index (χ1) is 7.26. The van der Waals surface area contributed by atoms with E-state index in [0.29, 0.717) is 19.4 Å². The summed E-state index contributed by atoms with van der Waals surface area (Å²) in [4.78, 5) is 30.8. The summed E-state index contributed by atoms with van der Waals surface area (Å²) in [6.45, 7) is 6.43. The zero-order chi connectivity index (χ0) is 12.8. The standard InChI is InChI=1S/C5H6BrNO2.C5H10O2/c6-7-2-1-4(8)3-5(7)9;1-5(2,3)7-4-6/h1-3H2;4H,1-3H3. The van der Waals surface area contributed by atoms with Crippen molar-refractivity contribution >= 4 is 34.3 Å². The van der Waals surface area contributed by atoms with Crippen molar-refractivity contribution < 1.29 is 19.1 Å². The molecule has 0 radical (unpaired) electrons. The SMILES string of the molecule is CC(C)(C)OC=O.O=C1CCN(Br)C(=O)C1. The summed E-state index contributed by atoms with van der Waals surface area (Å²) in [5.41, 5.74) is -0.318. The van der Waals surface area contributed by atoms with Crippen LogP contribution in [0.3, 0.4) is 0 Å². The van der Waals surface area contributed by atoms with Crippen molar-refractivity contribution in [3.05, 3.63) is 0 Å². The van der Waals surface area contributed by atoms with Crippen LogP contribution in [0.1, 0.15) is 33.6 Å². The molecule has 0 N–H and O–H groups in total. The highest BCUT2D eigenvalue weighted by Gasteiger charge is 2.21. The summed E-state index contributed by atoms with van der Waals surface area (Å²) in [5, 5.41) is 0. The summed E-state index contributed by atoms with van der Waals surface area (Å²) in [5.74, 6) is -0.0954. The Balaban J connectivity index is 0.000000293. The molecule has 0 aromatic rings. The van der Waals surface area contributed by atoms with Crippen molar-refractivity contribution in [2.75, 3.05) is 6.54 Å². The Kier molecular flexibility index (Phi) is 6.25. The minimum atomic E-state index is -0.318. The zero-order valence-corrected chi connectivity index (χ0v) is 11.2. The smallest absolute Gasteiger partial charge is 0.293 e. The van der Waals surface area contributed by atoms with Gasteiger partial charge in [-0.25, -0.2) is 0 Å². The highest BCUT2D eigenvalue weighted by atomic mass is 79.9. The Labute approximate surface area is 103 Å². The number of ether oxygens (including phenoxy) is 1. The van der Waals surface area contributed by atoms with Crippen LogP contribution in [0.4, 0.5) is 0 Å². The monoisotopic (exact) mass is 293 g/mol. The van der Waals surface area contributed by atoms with E-state index in [1.807, 2.05) is 20.8 Å². The van der Waals surface area contributed by atoms with Crippen molar-refractivity contribution in [2.45, 2.75) is 39.2 Å². The van der Waals surface area contributed by atoms with E-state index in [9.17, 15) is 14.4 Å². The average molecular weight is 294 g/mol. The fraction of sp³-hybridized carbons (Fsp3) is 0.700. The van der Waals surface area contributed by atoms with Gasteiger partial charge in [0.05, 0.1) is 22.6 Å². The van der Waals surface area contributed by atoms with Gasteiger partial charge in [0, 0.05) is 13.0 Å². The van der Waals surface area contributed by atoms with Crippen LogP contribution in [-0.2, 0) is 19.1 Å². The van der Waals surface area contributed by atoms with Gasteiger partial charge >= 0.3 is 0 Å². The predicted octanol–water partition coefficient (Wildman–Crippen LogP) is 1.45. The molecule has 16 heavy (non-hydrogen) atoms. The Morgan fingerprint density at radius 2 is 1.94 bits per heavy atom. The first-order valence-electron chi connectivity index (χ1n) is 4.85. The van der Waals surface area contributed by atoms with Crippen molar-refractivity contribution in [3.63, 3.8) is 0 Å². The van der Waals surface area contributed by atoms with Gasteiger partial charge in [-0.15, -0.1) is 0 Å². The molecule has 1 fully saturated rings. The van der Waals surface area contributed by atoms with E-state index in [1.165, 1.54) is 3.93 Å². The van der Waals surface area contributed by atoms with E-state index in [2.05, 4.69) is 20.9 Å². The van der Waals surface area contributed by atoms with E-state index in [4.69, 9.17) is 0 Å². The van der Waals surface area contributed by atoms with Gasteiger partial charge in [0.25, 0.3) is 6.47 Å². The van der Waals surface area contributed by atoms with Gasteiger partial charge in [0.2, 0.25) is 5.91 Å². The number of carbonyl (C=O) groups excluding carboxylic acids is 3. The molecule has 1 rings (SSSR count). The Bertz CT molecular complexity index is 272. The quantitative estimate of drug-likeness (QED) is 0.417. The van der Waals surface area contributed by atoms with Gasteiger partial charge in [-0.3, -0.25) is 18.3 Å². The number of amides is 1. The molecule has 1 heterocycles. The largest absolute Gasteiger partial charge is 0.462 e. The van der Waals surface area contributed by atoms with Crippen molar-refractivity contribution in [1.29, 1.82) is 0 Å². The van der Waals surface area contributed by atoms with Gasteiger partial charge < -0.3 is 4.74 Å². The summed E-state index contributed by atoms with van der Waals surface area (Å²) in [6, 6.07) is 0. The molecule has 0 unspecified atom stereocenters. The maximum absolute atomic E-state index is 10.7. The molecular formula is C10H16BrNO4. The number of piperidine rings is 1. The Hall–Kier alpha value is -0.910. The number of nitrogens with zero attached hydrogens (tertiary/aromatic N) is 1. The number of hydrogen-bond donors (Lipinski definition) is 0. The highest BCUT2D eigenvalue weighted by Crippen LogP contribution is 2.10. The van der Waals surface area contributed by atoms with Gasteiger partial charge in [-0.05, 0) is 20.8 Å². The van der Waals surface area contributed by atoms with Gasteiger partial charge in [-0.1, -0.05) is 0 Å². The van der Waals surface area contributed by atoms with E-state index in [1.54, 1.807) is 0 Å². The number of rotatable bonds is 1. The number of carbonyl (C=O) groups is 3. The summed E-state index contributed by atoms with van der Waals surface area (Å²) >= 11 is 3.01. The van der Waals surface area contributed by atoms with E-state index >= 15 is 0 Å². The number of ketones is 1. The van der Waals surface area contributed by atoms with Crippen LogP contribution in [0.25, 0.3) is 0 Å². The predicted molar refractivity (Wildman–Crippen MR) is 61.8 cm³/mol. The van der Waals surface area contributed by atoms with Crippen molar-refractivity contribution in [1.82, 2.24) is 3.93 Å². The van der Waals surface area contributed by atoms with Crippen molar-refractivity contribution in [2.24, 2.45) is 0 Å². The normalized spacial score (nSPS) is 16.4. The molecule has 92 valence electrons. The maximum Gasteiger partial charge on any atom is 0.293 e. The average Bonchev–Trinajstić information content (AvgIpc) is 2.11. The Morgan fingerprint density at radius 1 is 1.38 bits per heavy atom. The molecule has 0 saturated carbocycles. The number of halogens is 1. The van der Waals surface area contributed by atoms with Gasteiger partial charge in [-0.2, -0.15) is 0 Å². The molecule has 5 nitrogen and oxygen atoms in total. The molecule has 1 aliphatic rings. The topological polar surface area (TPSA) is 63.7 Å². The summed E-state index contributed by atoms with van der Waals surface area (Å²) < 4.78 is 5.95. The molecule has 1 aliphatic heterocycles. The van der Waals surface area contributed by atoms with E-state index in [0.717, 1.165) is 0 Å². The lowest BCUT2D eigenvalue weighted by Gasteiger charge is -2.17. The van der Waals surface area contributed by atoms with Crippen LogP contribution in [-0.4, -0.2) is 34.2 Å². The molecule has 0 aromatic carbocycles. The summed E-state index contributed by atoms with van der Waals surface area (Å²) in [7, 11) is 0. The van der Waals surface area contributed by atoms with Crippen LogP contribution in [0.5, 0.6) is 0 Å². The summed E-state index contributed by atoms with van der Waals surface area (Å²) in [6.07, 6.45) is 0.544. The molecule has 0 bridgehead atoms. The van der Waals surface area contributed by atoms with Crippen LogP contribution in [0.15, 0.2) is 0 Å². The van der Waals surface area contributed by atoms with E-state index < -0.39 is 0 Å². The molecule has 1 amide bonds. The van der Waals surface area contributed by atoms with Crippen molar-refractivity contribution in [3.8, 4) is 0 Å². The van der Waals surface area contributed by atoms with Gasteiger partial charge in [0.15, 0.2) is 0 Å². The maximum atomic E-state index is 10.7. The minimum absolute atomic E-state index is 0.0377. The Morgan fingerprint density at radius 3 is 2.19 bits per heavy atom. The molecular weight excluding hydrogens is 278 g/mol. The first kappa shape index (κ1) is 15.1. The minimum Gasteiger partial charge on any atom is -0.462 e. The lowest BCUT2D eigenvalue weighted by atomic mass is 10.1. The molecule has 0 atom stereocenters. The first-order valence-corrected chi connectivity index (χ1v) is 5.56. The van der Waals surface area contributed by atoms with Crippen LogP contribution < -0.4 is 0 Å². The fourth-order valence-corrected chi connectivity index (χ4v) is 1.14. The van der Waals surface area contributed by atoms with Crippen LogP contribution in [0.2, 0.25) is 0 Å². The van der Waals surface area contributed by atoms with Crippen LogP contribution in [0, 0.1) is 0 Å². The second-order valence-corrected chi connectivity index (χ2v) is 5.13. The third-order valence-corrected chi connectivity index (χ3v) is 2.36. The third kappa shape index (κ3) is 7.39. The molecule has 0 aromatic heterocycles. The third-order valence-electron chi connectivity index (χ3n) is 1.61. The lowest BCUT2D eigenvalue weighted by molar-refractivity contribution is -0.139. The fourth-order valence-electron chi connectivity index (χ4n) is 0.835. The number of Topliss-reactive ketones (excluding diaryl/α,β-unsaturated/α-hetero) is 1. The number of hydrogen-bond acceptors (Lipinski definition) is 4. The zero-order valence-electron chi connectivity index (χ0n) is 9.66. The lowest BCUT2D eigenvalue weighted by Crippen LogP contribution is -2.31. The molecule has 6 heteroatoms.